The van der Waals surface area contributed by atoms with Crippen LogP contribution < -0.4 is 5.32 Å². The number of thiocarbonyl (C=S) groups is 1. The molecule has 1 aliphatic rings. The van der Waals surface area contributed by atoms with E-state index in [1.165, 1.54) is 4.90 Å². The first-order valence-corrected chi connectivity index (χ1v) is 9.74. The minimum atomic E-state index is -1.10. The second-order valence-electron chi connectivity index (χ2n) is 6.77. The van der Waals surface area contributed by atoms with Crippen LogP contribution in [0.3, 0.4) is 0 Å². The maximum atomic E-state index is 12.6. The molecule has 1 aromatic carbocycles. The molecule has 2 amide bonds. The van der Waals surface area contributed by atoms with Crippen molar-refractivity contribution < 1.29 is 19.5 Å². The number of aliphatic carboxylic acids is 1. The van der Waals surface area contributed by atoms with Crippen LogP contribution in [-0.4, -0.2) is 44.7 Å². The number of carbonyl (C=O) groups excluding carboxylic acids is 2. The lowest BCUT2D eigenvalue weighted by Gasteiger charge is -2.19. The third kappa shape index (κ3) is 5.90. The topological polar surface area (TPSA) is 86.7 Å². The van der Waals surface area contributed by atoms with Gasteiger partial charge in [0, 0.05) is 0 Å². The van der Waals surface area contributed by atoms with Gasteiger partial charge in [-0.25, -0.2) is 4.79 Å². The van der Waals surface area contributed by atoms with Crippen LogP contribution in [0.4, 0.5) is 0 Å². The van der Waals surface area contributed by atoms with Crippen molar-refractivity contribution in [2.45, 2.75) is 33.2 Å². The molecule has 1 saturated heterocycles. The van der Waals surface area contributed by atoms with Gasteiger partial charge in [0.1, 0.15) is 16.9 Å². The fourth-order valence-corrected chi connectivity index (χ4v) is 3.78. The molecule has 2 rings (SSSR count). The van der Waals surface area contributed by atoms with Gasteiger partial charge >= 0.3 is 5.97 Å². The number of carboxylic acids is 1. The lowest BCUT2D eigenvalue weighted by molar-refractivity contribution is -0.142. The SMILES string of the molecule is Cc1ccc(/C=C2\SC(=S)N(CC(=O)NC(CC(C)C)C(=O)O)C2=O)cc1. The number of thioether (sulfide) groups is 1. The molecule has 8 heteroatoms. The minimum Gasteiger partial charge on any atom is -0.480 e. The van der Waals surface area contributed by atoms with Crippen LogP contribution in [0, 0.1) is 12.8 Å². The maximum absolute atomic E-state index is 12.6. The van der Waals surface area contributed by atoms with Crippen molar-refractivity contribution >= 4 is 52.2 Å². The van der Waals surface area contributed by atoms with E-state index in [1.54, 1.807) is 6.08 Å². The van der Waals surface area contributed by atoms with E-state index in [0.29, 0.717) is 11.3 Å². The number of nitrogens with zero attached hydrogens (tertiary/aromatic N) is 1. The molecule has 1 heterocycles. The molecule has 1 atom stereocenters. The average Bonchev–Trinajstić information content (AvgIpc) is 2.83. The molecule has 1 aromatic rings. The number of carboxylic acid groups (broad SMARTS) is 1. The lowest BCUT2D eigenvalue weighted by Crippen LogP contribution is -2.47. The van der Waals surface area contributed by atoms with Crippen molar-refractivity contribution in [1.82, 2.24) is 10.2 Å². The Balaban J connectivity index is 2.05. The summed E-state index contributed by atoms with van der Waals surface area (Å²) in [5, 5.41) is 11.7. The summed E-state index contributed by atoms with van der Waals surface area (Å²) in [6.45, 7) is 5.43. The van der Waals surface area contributed by atoms with Crippen LogP contribution in [0.1, 0.15) is 31.4 Å². The van der Waals surface area contributed by atoms with Crippen LogP contribution in [0.15, 0.2) is 29.2 Å². The van der Waals surface area contributed by atoms with E-state index in [4.69, 9.17) is 12.2 Å². The molecule has 1 fully saturated rings. The Morgan fingerprint density at radius 2 is 1.93 bits per heavy atom. The van der Waals surface area contributed by atoms with E-state index in [0.717, 1.165) is 22.9 Å². The molecule has 0 aliphatic carbocycles. The summed E-state index contributed by atoms with van der Waals surface area (Å²) in [5.41, 5.74) is 1.99. The van der Waals surface area contributed by atoms with E-state index >= 15 is 0 Å². The third-order valence-corrected chi connectivity index (χ3v) is 5.27. The average molecular weight is 407 g/mol. The highest BCUT2D eigenvalue weighted by Gasteiger charge is 2.34. The Hall–Kier alpha value is -2.19. The van der Waals surface area contributed by atoms with Gasteiger partial charge in [0.2, 0.25) is 5.91 Å². The Bertz CT molecular complexity index is 787. The van der Waals surface area contributed by atoms with E-state index < -0.39 is 17.9 Å². The van der Waals surface area contributed by atoms with Crippen molar-refractivity contribution in [2.75, 3.05) is 6.54 Å². The van der Waals surface area contributed by atoms with Crippen LogP contribution >= 0.6 is 24.0 Å². The largest absolute Gasteiger partial charge is 0.480 e. The van der Waals surface area contributed by atoms with E-state index in [1.807, 2.05) is 45.0 Å². The van der Waals surface area contributed by atoms with Crippen LogP contribution in [0.25, 0.3) is 6.08 Å². The molecule has 0 saturated carbocycles. The molecule has 1 aliphatic heterocycles. The Kier molecular flexibility index (Phi) is 7.15. The second-order valence-corrected chi connectivity index (χ2v) is 8.44. The second kappa shape index (κ2) is 9.14. The zero-order chi connectivity index (χ0) is 20.1. The molecule has 1 unspecified atom stereocenters. The van der Waals surface area contributed by atoms with Crippen molar-refractivity contribution in [3.8, 4) is 0 Å². The molecule has 27 heavy (non-hydrogen) atoms. The quantitative estimate of drug-likeness (QED) is 0.535. The number of carbonyl (C=O) groups is 3. The first kappa shape index (κ1) is 21.1. The highest BCUT2D eigenvalue weighted by Crippen LogP contribution is 2.32. The molecular formula is C19H22N2O4S2. The summed E-state index contributed by atoms with van der Waals surface area (Å²) in [6, 6.07) is 6.70. The molecule has 0 aromatic heterocycles. The summed E-state index contributed by atoms with van der Waals surface area (Å²) in [5.74, 6) is -1.88. The fourth-order valence-electron chi connectivity index (χ4n) is 2.53. The zero-order valence-electron chi connectivity index (χ0n) is 15.4. The molecule has 2 N–H and O–H groups in total. The first-order chi connectivity index (χ1) is 12.7. The van der Waals surface area contributed by atoms with Crippen molar-refractivity contribution in [1.29, 1.82) is 0 Å². The van der Waals surface area contributed by atoms with E-state index in [-0.39, 0.29) is 22.7 Å². The summed E-state index contributed by atoms with van der Waals surface area (Å²) in [6.07, 6.45) is 2.04. The maximum Gasteiger partial charge on any atom is 0.326 e. The molecule has 0 bridgehead atoms. The Morgan fingerprint density at radius 1 is 1.30 bits per heavy atom. The standard InChI is InChI=1S/C19H22N2O4S2/c1-11(2)8-14(18(24)25)20-16(22)10-21-17(23)15(27-19(21)26)9-13-6-4-12(3)5-7-13/h4-7,9,11,14H,8,10H2,1-3H3,(H,20,22)(H,24,25)/b15-9-. The van der Waals surface area contributed by atoms with Crippen molar-refractivity contribution in [3.05, 3.63) is 40.3 Å². The van der Waals surface area contributed by atoms with Gasteiger partial charge in [0.25, 0.3) is 5.91 Å². The van der Waals surface area contributed by atoms with Gasteiger partial charge < -0.3 is 10.4 Å². The molecule has 0 radical (unpaired) electrons. The third-order valence-electron chi connectivity index (χ3n) is 3.89. The van der Waals surface area contributed by atoms with Gasteiger partial charge in [0.15, 0.2) is 0 Å². The molecule has 6 nitrogen and oxygen atoms in total. The summed E-state index contributed by atoms with van der Waals surface area (Å²) >= 11 is 6.35. The van der Waals surface area contributed by atoms with Gasteiger partial charge in [-0.1, -0.05) is 67.7 Å². The Morgan fingerprint density at radius 3 is 2.48 bits per heavy atom. The van der Waals surface area contributed by atoms with Gasteiger partial charge in [-0.15, -0.1) is 0 Å². The predicted molar refractivity (Wildman–Crippen MR) is 110 cm³/mol. The van der Waals surface area contributed by atoms with Crippen molar-refractivity contribution in [3.63, 3.8) is 0 Å². The number of rotatable bonds is 7. The fraction of sp³-hybridized carbons (Fsp3) is 0.368. The zero-order valence-corrected chi connectivity index (χ0v) is 17.0. The lowest BCUT2D eigenvalue weighted by atomic mass is 10.0. The van der Waals surface area contributed by atoms with E-state index in [9.17, 15) is 19.5 Å². The minimum absolute atomic E-state index is 0.112. The number of hydrogen-bond acceptors (Lipinski definition) is 5. The number of amides is 2. The van der Waals surface area contributed by atoms with Gasteiger partial charge in [-0.3, -0.25) is 14.5 Å². The normalized spacial score (nSPS) is 16.9. The van der Waals surface area contributed by atoms with Crippen LogP contribution in [-0.2, 0) is 14.4 Å². The van der Waals surface area contributed by atoms with Gasteiger partial charge in [-0.05, 0) is 30.9 Å². The highest BCUT2D eigenvalue weighted by atomic mass is 32.2. The van der Waals surface area contributed by atoms with Crippen LogP contribution in [0.5, 0.6) is 0 Å². The number of nitrogens with one attached hydrogen (secondary N) is 1. The monoisotopic (exact) mass is 406 g/mol. The van der Waals surface area contributed by atoms with Crippen LogP contribution in [0.2, 0.25) is 0 Å². The van der Waals surface area contributed by atoms with E-state index in [2.05, 4.69) is 5.32 Å². The summed E-state index contributed by atoms with van der Waals surface area (Å²) < 4.78 is 0.282. The predicted octanol–water partition coefficient (Wildman–Crippen LogP) is 2.81. The summed E-state index contributed by atoms with van der Waals surface area (Å²) in [7, 11) is 0. The molecule has 0 spiro atoms. The first-order valence-electron chi connectivity index (χ1n) is 8.51. The highest BCUT2D eigenvalue weighted by molar-refractivity contribution is 8.26. The van der Waals surface area contributed by atoms with Gasteiger partial charge in [-0.2, -0.15) is 0 Å². The molecular weight excluding hydrogens is 384 g/mol. The Labute approximate surface area is 168 Å². The number of hydrogen-bond donors (Lipinski definition) is 2. The number of aryl methyl sites for hydroxylation is 1. The smallest absolute Gasteiger partial charge is 0.326 e. The summed E-state index contributed by atoms with van der Waals surface area (Å²) in [4.78, 5) is 37.7. The molecule has 144 valence electrons. The van der Waals surface area contributed by atoms with Gasteiger partial charge in [0.05, 0.1) is 4.91 Å². The number of benzene rings is 1. The van der Waals surface area contributed by atoms with Crippen molar-refractivity contribution in [2.24, 2.45) is 5.92 Å².